The summed E-state index contributed by atoms with van der Waals surface area (Å²) in [5.41, 5.74) is 1.10. The molecule has 2 aromatic rings. The van der Waals surface area contributed by atoms with Crippen LogP contribution < -0.4 is 4.74 Å². The molecule has 0 radical (unpaired) electrons. The van der Waals surface area contributed by atoms with Gasteiger partial charge < -0.3 is 14.1 Å². The van der Waals surface area contributed by atoms with Crippen molar-refractivity contribution in [2.24, 2.45) is 0 Å². The van der Waals surface area contributed by atoms with E-state index in [1.165, 1.54) is 12.3 Å². The van der Waals surface area contributed by atoms with Crippen molar-refractivity contribution < 1.29 is 18.3 Å². The number of fused-ring (bicyclic) bond motifs is 1. The molecule has 1 aromatic heterocycles. The van der Waals surface area contributed by atoms with E-state index < -0.39 is 5.82 Å². The van der Waals surface area contributed by atoms with E-state index in [-0.39, 0.29) is 35.7 Å². The topological polar surface area (TPSA) is 66.5 Å². The molecule has 26 heavy (non-hydrogen) atoms. The van der Waals surface area contributed by atoms with Crippen molar-refractivity contribution in [2.45, 2.75) is 39.7 Å². The first-order valence-electron chi connectivity index (χ1n) is 8.62. The molecule has 1 aliphatic rings. The Balaban J connectivity index is 1.80. The monoisotopic (exact) mass is 358 g/mol. The maximum Gasteiger partial charge on any atom is 0.185 e. The summed E-state index contributed by atoms with van der Waals surface area (Å²) in [6.07, 6.45) is 1.45. The fourth-order valence-electron chi connectivity index (χ4n) is 3.01. The molecule has 0 unspecified atom stereocenters. The number of ketones is 1. The number of carbonyl (C=O) groups excluding carboxylic acids is 1. The SMILES string of the molecule is CCOc1ccc(F)c2c1CN(CC(=O)c1coc(C(C)(C)C)c1)C2=N. The zero-order valence-electron chi connectivity index (χ0n) is 15.5. The van der Waals surface area contributed by atoms with E-state index >= 15 is 0 Å². The molecule has 3 rings (SSSR count). The van der Waals surface area contributed by atoms with E-state index in [9.17, 15) is 9.18 Å². The van der Waals surface area contributed by atoms with Gasteiger partial charge in [0.2, 0.25) is 0 Å². The zero-order valence-corrected chi connectivity index (χ0v) is 15.5. The fourth-order valence-corrected chi connectivity index (χ4v) is 3.01. The first-order valence-corrected chi connectivity index (χ1v) is 8.62. The van der Waals surface area contributed by atoms with Gasteiger partial charge in [0.1, 0.15) is 29.4 Å². The van der Waals surface area contributed by atoms with Gasteiger partial charge in [-0.25, -0.2) is 4.39 Å². The van der Waals surface area contributed by atoms with Crippen LogP contribution in [0.4, 0.5) is 4.39 Å². The lowest BCUT2D eigenvalue weighted by atomic mass is 9.93. The molecule has 0 aliphatic carbocycles. The minimum absolute atomic E-state index is 0.00643. The van der Waals surface area contributed by atoms with Gasteiger partial charge in [-0.15, -0.1) is 0 Å². The van der Waals surface area contributed by atoms with Gasteiger partial charge in [-0.3, -0.25) is 10.2 Å². The summed E-state index contributed by atoms with van der Waals surface area (Å²) >= 11 is 0. The fraction of sp³-hybridized carbons (Fsp3) is 0.400. The predicted molar refractivity (Wildman–Crippen MR) is 96.5 cm³/mol. The minimum atomic E-state index is -0.471. The number of rotatable bonds is 5. The summed E-state index contributed by atoms with van der Waals surface area (Å²) in [4.78, 5) is 14.2. The smallest absolute Gasteiger partial charge is 0.185 e. The highest BCUT2D eigenvalue weighted by atomic mass is 19.1. The van der Waals surface area contributed by atoms with Gasteiger partial charge >= 0.3 is 0 Å². The Hall–Kier alpha value is -2.63. The van der Waals surface area contributed by atoms with Gasteiger partial charge in [-0.05, 0) is 25.1 Å². The van der Waals surface area contributed by atoms with E-state index in [4.69, 9.17) is 14.6 Å². The van der Waals surface area contributed by atoms with Crippen LogP contribution in [-0.4, -0.2) is 29.7 Å². The number of amidine groups is 1. The van der Waals surface area contributed by atoms with Crippen LogP contribution in [0, 0.1) is 11.2 Å². The van der Waals surface area contributed by atoms with Crippen LogP contribution in [0.3, 0.4) is 0 Å². The van der Waals surface area contributed by atoms with Gasteiger partial charge in [0.25, 0.3) is 0 Å². The van der Waals surface area contributed by atoms with Gasteiger partial charge in [0, 0.05) is 17.5 Å². The number of halogens is 1. The maximum absolute atomic E-state index is 14.2. The second-order valence-electron chi connectivity index (χ2n) is 7.41. The number of nitrogens with one attached hydrogen (secondary N) is 1. The average molecular weight is 358 g/mol. The average Bonchev–Trinajstić information content (AvgIpc) is 3.17. The molecular formula is C20H23FN2O3. The van der Waals surface area contributed by atoms with E-state index in [1.807, 2.05) is 27.7 Å². The second-order valence-corrected chi connectivity index (χ2v) is 7.41. The molecule has 5 nitrogen and oxygen atoms in total. The molecule has 0 saturated heterocycles. The molecule has 0 fully saturated rings. The summed E-state index contributed by atoms with van der Waals surface area (Å²) in [5, 5.41) is 8.27. The lowest BCUT2D eigenvalue weighted by molar-refractivity contribution is 0.0961. The third-order valence-corrected chi connectivity index (χ3v) is 4.42. The Kier molecular flexibility index (Phi) is 4.61. The number of ether oxygens (including phenoxy) is 1. The highest BCUT2D eigenvalue weighted by Crippen LogP contribution is 2.33. The summed E-state index contributed by atoms with van der Waals surface area (Å²) < 4.78 is 25.2. The van der Waals surface area contributed by atoms with Crippen LogP contribution in [-0.2, 0) is 12.0 Å². The van der Waals surface area contributed by atoms with Crippen molar-refractivity contribution in [1.82, 2.24) is 4.90 Å². The Bertz CT molecular complexity index is 864. The maximum atomic E-state index is 14.2. The third-order valence-electron chi connectivity index (χ3n) is 4.42. The number of carbonyl (C=O) groups is 1. The van der Waals surface area contributed by atoms with Crippen molar-refractivity contribution in [1.29, 1.82) is 5.41 Å². The van der Waals surface area contributed by atoms with E-state index in [0.29, 0.717) is 23.5 Å². The van der Waals surface area contributed by atoms with Crippen molar-refractivity contribution in [3.8, 4) is 5.75 Å². The quantitative estimate of drug-likeness (QED) is 0.816. The molecule has 138 valence electrons. The van der Waals surface area contributed by atoms with Crippen molar-refractivity contribution in [3.05, 3.63) is 52.7 Å². The van der Waals surface area contributed by atoms with Gasteiger partial charge in [-0.2, -0.15) is 0 Å². The normalized spacial score (nSPS) is 13.9. The molecule has 2 heterocycles. The number of Topliss-reactive ketones (excluding diaryl/α,β-unsaturated/α-hetero) is 1. The van der Waals surface area contributed by atoms with Crippen LogP contribution in [0.15, 0.2) is 28.9 Å². The van der Waals surface area contributed by atoms with Crippen LogP contribution in [0.25, 0.3) is 0 Å². The molecule has 1 aliphatic heterocycles. The number of hydrogen-bond acceptors (Lipinski definition) is 4. The summed E-state index contributed by atoms with van der Waals surface area (Å²) in [7, 11) is 0. The van der Waals surface area contributed by atoms with Crippen molar-refractivity contribution in [2.75, 3.05) is 13.2 Å². The van der Waals surface area contributed by atoms with Crippen LogP contribution >= 0.6 is 0 Å². The molecule has 0 atom stereocenters. The Morgan fingerprint density at radius 2 is 2.12 bits per heavy atom. The highest BCUT2D eigenvalue weighted by molar-refractivity contribution is 6.05. The first kappa shape index (κ1) is 18.2. The lowest BCUT2D eigenvalue weighted by Gasteiger charge is -2.16. The second kappa shape index (κ2) is 6.59. The molecule has 0 bridgehead atoms. The van der Waals surface area contributed by atoms with Crippen LogP contribution in [0.1, 0.15) is 54.9 Å². The molecule has 1 aromatic carbocycles. The van der Waals surface area contributed by atoms with E-state index in [0.717, 1.165) is 5.76 Å². The lowest BCUT2D eigenvalue weighted by Crippen LogP contribution is -2.30. The minimum Gasteiger partial charge on any atom is -0.493 e. The van der Waals surface area contributed by atoms with Gasteiger partial charge in [-0.1, -0.05) is 20.8 Å². The highest BCUT2D eigenvalue weighted by Gasteiger charge is 2.32. The molecule has 0 spiro atoms. The van der Waals surface area contributed by atoms with Crippen LogP contribution in [0.2, 0.25) is 0 Å². The van der Waals surface area contributed by atoms with Crippen molar-refractivity contribution in [3.63, 3.8) is 0 Å². The standard InChI is InChI=1S/C20H23FN2O3/c1-5-25-16-7-6-14(21)18-13(16)9-23(19(18)22)10-15(24)12-8-17(26-11-12)20(2,3)4/h6-8,11,22H,5,9-10H2,1-4H3. The van der Waals surface area contributed by atoms with Crippen LogP contribution in [0.5, 0.6) is 5.75 Å². The third kappa shape index (κ3) is 3.23. The van der Waals surface area contributed by atoms with Crippen molar-refractivity contribution >= 4 is 11.6 Å². The molecule has 0 saturated carbocycles. The Labute approximate surface area is 152 Å². The number of furan rings is 1. The summed E-state index contributed by atoms with van der Waals surface area (Å²) in [6, 6.07) is 4.61. The predicted octanol–water partition coefficient (Wildman–Crippen LogP) is 4.14. The molecule has 0 amide bonds. The molecule has 1 N–H and O–H groups in total. The van der Waals surface area contributed by atoms with E-state index in [2.05, 4.69) is 0 Å². The summed E-state index contributed by atoms with van der Waals surface area (Å²) in [5.74, 6) is 0.654. The molecular weight excluding hydrogens is 335 g/mol. The molecule has 6 heteroatoms. The zero-order chi connectivity index (χ0) is 19.1. The van der Waals surface area contributed by atoms with Gasteiger partial charge in [0.05, 0.1) is 24.3 Å². The Morgan fingerprint density at radius 3 is 2.73 bits per heavy atom. The number of hydrogen-bond donors (Lipinski definition) is 1. The number of benzene rings is 1. The number of nitrogens with zero attached hydrogens (tertiary/aromatic N) is 1. The van der Waals surface area contributed by atoms with E-state index in [1.54, 1.807) is 17.0 Å². The summed E-state index contributed by atoms with van der Waals surface area (Å²) in [6.45, 7) is 8.58. The first-order chi connectivity index (χ1) is 12.2. The largest absolute Gasteiger partial charge is 0.493 e. The van der Waals surface area contributed by atoms with Gasteiger partial charge in [0.15, 0.2) is 5.78 Å². The Morgan fingerprint density at radius 1 is 1.38 bits per heavy atom.